The first-order chi connectivity index (χ1) is 11.0. The number of amides is 1. The summed E-state index contributed by atoms with van der Waals surface area (Å²) in [4.78, 5) is 27.2. The molecule has 0 bridgehead atoms. The first-order valence-corrected chi connectivity index (χ1v) is 9.48. The number of likely N-dealkylation sites (tertiary alicyclic amines) is 1. The van der Waals surface area contributed by atoms with Crippen molar-refractivity contribution in [3.05, 3.63) is 0 Å². The molecule has 2 rings (SSSR count). The summed E-state index contributed by atoms with van der Waals surface area (Å²) >= 11 is 0. The van der Waals surface area contributed by atoms with E-state index in [-0.39, 0.29) is 34.9 Å². The highest BCUT2D eigenvalue weighted by atomic mass is 16.5. The summed E-state index contributed by atoms with van der Waals surface area (Å²) in [6, 6.07) is 0. The minimum Gasteiger partial charge on any atom is -0.373 e. The summed E-state index contributed by atoms with van der Waals surface area (Å²) in [5, 5.41) is 0. The van der Waals surface area contributed by atoms with Gasteiger partial charge in [0, 0.05) is 30.3 Å². The third-order valence-corrected chi connectivity index (χ3v) is 5.15. The van der Waals surface area contributed by atoms with Crippen molar-refractivity contribution in [3.63, 3.8) is 0 Å². The number of carbonyl (C=O) groups is 2. The van der Waals surface area contributed by atoms with Crippen LogP contribution in [-0.2, 0) is 14.3 Å². The Bertz CT molecular complexity index is 464. The monoisotopic (exact) mass is 337 g/mol. The number of rotatable bonds is 3. The molecule has 1 aliphatic carbocycles. The lowest BCUT2D eigenvalue weighted by atomic mass is 9.82. The molecule has 0 aromatic heterocycles. The van der Waals surface area contributed by atoms with Crippen LogP contribution < -0.4 is 0 Å². The Balaban J connectivity index is 1.83. The van der Waals surface area contributed by atoms with Gasteiger partial charge in [0.2, 0.25) is 5.91 Å². The first kappa shape index (κ1) is 19.4. The summed E-state index contributed by atoms with van der Waals surface area (Å²) in [6.07, 6.45) is 4.85. The molecule has 0 aromatic carbocycles. The van der Waals surface area contributed by atoms with Crippen molar-refractivity contribution in [1.29, 1.82) is 0 Å². The van der Waals surface area contributed by atoms with Crippen molar-refractivity contribution in [3.8, 4) is 0 Å². The maximum Gasteiger partial charge on any atom is 0.225 e. The standard InChI is InChI=1S/C20H35NO3/c1-19(2,3)17(22)15-11-12-21(13-15)18(23)14-7-9-16(10-8-14)24-20(4,5)6/h14-16H,7-13H2,1-6H3/t14-,15-,16-/m1/s1. The predicted octanol–water partition coefficient (Wildman–Crippen LogP) is 3.82. The molecule has 2 aliphatic rings. The number of Topliss-reactive ketones (excluding diaryl/α,β-unsaturated/α-hetero) is 1. The average molecular weight is 338 g/mol. The maximum absolute atomic E-state index is 12.8. The summed E-state index contributed by atoms with van der Waals surface area (Å²) in [5.74, 6) is 0.691. The Hall–Kier alpha value is -0.900. The van der Waals surface area contributed by atoms with Gasteiger partial charge in [0.25, 0.3) is 0 Å². The van der Waals surface area contributed by atoms with Gasteiger partial charge < -0.3 is 9.64 Å². The summed E-state index contributed by atoms with van der Waals surface area (Å²) < 4.78 is 6.05. The molecule has 0 N–H and O–H groups in total. The molecular weight excluding hydrogens is 302 g/mol. The Morgan fingerprint density at radius 2 is 1.46 bits per heavy atom. The van der Waals surface area contributed by atoms with Gasteiger partial charge in [-0.05, 0) is 52.9 Å². The highest BCUT2D eigenvalue weighted by Gasteiger charge is 2.38. The van der Waals surface area contributed by atoms with Crippen LogP contribution in [0.15, 0.2) is 0 Å². The highest BCUT2D eigenvalue weighted by molar-refractivity contribution is 5.88. The minimum absolute atomic E-state index is 0.0227. The smallest absolute Gasteiger partial charge is 0.225 e. The molecule has 24 heavy (non-hydrogen) atoms. The van der Waals surface area contributed by atoms with Gasteiger partial charge in [-0.15, -0.1) is 0 Å². The third-order valence-electron chi connectivity index (χ3n) is 5.15. The van der Waals surface area contributed by atoms with Gasteiger partial charge in [-0.1, -0.05) is 20.8 Å². The molecular formula is C20H35NO3. The molecule has 4 nitrogen and oxygen atoms in total. The lowest BCUT2D eigenvalue weighted by Crippen LogP contribution is -2.39. The zero-order chi connectivity index (χ0) is 18.1. The lowest BCUT2D eigenvalue weighted by molar-refractivity contribution is -0.138. The zero-order valence-corrected chi connectivity index (χ0v) is 16.4. The molecule has 1 heterocycles. The van der Waals surface area contributed by atoms with Crippen LogP contribution in [0.1, 0.15) is 73.6 Å². The lowest BCUT2D eigenvalue weighted by Gasteiger charge is -2.34. The van der Waals surface area contributed by atoms with Crippen LogP contribution in [0.3, 0.4) is 0 Å². The molecule has 1 saturated heterocycles. The van der Waals surface area contributed by atoms with Crippen molar-refractivity contribution in [2.75, 3.05) is 13.1 Å². The number of hydrogen-bond donors (Lipinski definition) is 0. The van der Waals surface area contributed by atoms with E-state index < -0.39 is 0 Å². The quantitative estimate of drug-likeness (QED) is 0.786. The molecule has 1 amide bonds. The molecule has 4 heteroatoms. The minimum atomic E-state index is -0.313. The summed E-state index contributed by atoms with van der Waals surface area (Å²) in [6.45, 7) is 13.5. The van der Waals surface area contributed by atoms with E-state index in [4.69, 9.17) is 4.74 Å². The van der Waals surface area contributed by atoms with Gasteiger partial charge in [0.05, 0.1) is 11.7 Å². The Labute approximate surface area is 147 Å². The molecule has 2 fully saturated rings. The topological polar surface area (TPSA) is 46.6 Å². The molecule has 1 atom stereocenters. The average Bonchev–Trinajstić information content (AvgIpc) is 2.93. The van der Waals surface area contributed by atoms with E-state index >= 15 is 0 Å². The molecule has 0 spiro atoms. The van der Waals surface area contributed by atoms with Gasteiger partial charge in [-0.3, -0.25) is 9.59 Å². The van der Waals surface area contributed by atoms with Crippen LogP contribution in [0.2, 0.25) is 0 Å². The highest BCUT2D eigenvalue weighted by Crippen LogP contribution is 2.33. The zero-order valence-electron chi connectivity index (χ0n) is 16.4. The van der Waals surface area contributed by atoms with E-state index in [0.717, 1.165) is 38.6 Å². The van der Waals surface area contributed by atoms with Crippen molar-refractivity contribution < 1.29 is 14.3 Å². The van der Waals surface area contributed by atoms with Crippen LogP contribution in [0.5, 0.6) is 0 Å². The number of nitrogens with zero attached hydrogens (tertiary/aromatic N) is 1. The summed E-state index contributed by atoms with van der Waals surface area (Å²) in [7, 11) is 0. The van der Waals surface area contributed by atoms with Crippen molar-refractivity contribution >= 4 is 11.7 Å². The second-order valence-corrected chi connectivity index (χ2v) is 9.59. The Kier molecular flexibility index (Phi) is 5.79. The number of carbonyl (C=O) groups excluding carboxylic acids is 2. The molecule has 1 aliphatic heterocycles. The number of ether oxygens (including phenoxy) is 1. The van der Waals surface area contributed by atoms with E-state index in [0.29, 0.717) is 12.3 Å². The van der Waals surface area contributed by atoms with Crippen LogP contribution in [-0.4, -0.2) is 41.4 Å². The molecule has 0 aromatic rings. The van der Waals surface area contributed by atoms with E-state index in [1.54, 1.807) is 0 Å². The normalized spacial score (nSPS) is 28.9. The Morgan fingerprint density at radius 1 is 0.875 bits per heavy atom. The van der Waals surface area contributed by atoms with E-state index in [2.05, 4.69) is 20.8 Å². The second kappa shape index (κ2) is 7.15. The van der Waals surface area contributed by atoms with Gasteiger partial charge in [0.1, 0.15) is 5.78 Å². The van der Waals surface area contributed by atoms with Crippen molar-refractivity contribution in [1.82, 2.24) is 4.90 Å². The first-order valence-electron chi connectivity index (χ1n) is 9.48. The fourth-order valence-corrected chi connectivity index (χ4v) is 3.97. The third kappa shape index (κ3) is 5.05. The predicted molar refractivity (Wildman–Crippen MR) is 95.7 cm³/mol. The van der Waals surface area contributed by atoms with E-state index in [9.17, 15) is 9.59 Å². The second-order valence-electron chi connectivity index (χ2n) is 9.59. The van der Waals surface area contributed by atoms with Crippen LogP contribution >= 0.6 is 0 Å². The van der Waals surface area contributed by atoms with Crippen molar-refractivity contribution in [2.24, 2.45) is 17.3 Å². The largest absolute Gasteiger partial charge is 0.373 e. The van der Waals surface area contributed by atoms with E-state index in [1.165, 1.54) is 0 Å². The Morgan fingerprint density at radius 3 is 1.96 bits per heavy atom. The fraction of sp³-hybridized carbons (Fsp3) is 0.900. The molecule has 0 radical (unpaired) electrons. The van der Waals surface area contributed by atoms with Crippen LogP contribution in [0, 0.1) is 17.3 Å². The van der Waals surface area contributed by atoms with Gasteiger partial charge in [-0.25, -0.2) is 0 Å². The number of hydrogen-bond acceptors (Lipinski definition) is 3. The SMILES string of the molecule is CC(C)(C)O[C@H]1CC[C@H](C(=O)N2CC[C@@H](C(=O)C(C)(C)C)C2)CC1. The number of ketones is 1. The molecule has 138 valence electrons. The summed E-state index contributed by atoms with van der Waals surface area (Å²) in [5.41, 5.74) is -0.427. The van der Waals surface area contributed by atoms with Gasteiger partial charge >= 0.3 is 0 Å². The van der Waals surface area contributed by atoms with Gasteiger partial charge in [-0.2, -0.15) is 0 Å². The van der Waals surface area contributed by atoms with Gasteiger partial charge in [0.15, 0.2) is 0 Å². The fourth-order valence-electron chi connectivity index (χ4n) is 3.97. The molecule has 1 saturated carbocycles. The van der Waals surface area contributed by atoms with Crippen molar-refractivity contribution in [2.45, 2.75) is 85.4 Å². The maximum atomic E-state index is 12.8. The molecule has 0 unspecified atom stereocenters. The van der Waals surface area contributed by atoms with Crippen LogP contribution in [0.25, 0.3) is 0 Å². The van der Waals surface area contributed by atoms with Crippen LogP contribution in [0.4, 0.5) is 0 Å². The van der Waals surface area contributed by atoms with E-state index in [1.807, 2.05) is 25.7 Å².